The SMILES string of the molecule is CNCc1nnc(-c2cc3ccc(F)cc3s2)s1. The summed E-state index contributed by atoms with van der Waals surface area (Å²) >= 11 is 3.11. The van der Waals surface area contributed by atoms with Crippen LogP contribution in [0, 0.1) is 5.82 Å². The van der Waals surface area contributed by atoms with Crippen LogP contribution in [-0.2, 0) is 6.54 Å². The van der Waals surface area contributed by atoms with Gasteiger partial charge in [-0.2, -0.15) is 0 Å². The van der Waals surface area contributed by atoms with E-state index in [1.54, 1.807) is 34.8 Å². The first-order valence-corrected chi connectivity index (χ1v) is 7.06. The van der Waals surface area contributed by atoms with Crippen LogP contribution in [0.4, 0.5) is 4.39 Å². The molecule has 0 amide bonds. The number of hydrogen-bond acceptors (Lipinski definition) is 5. The van der Waals surface area contributed by atoms with Gasteiger partial charge in [0.25, 0.3) is 0 Å². The van der Waals surface area contributed by atoms with Crippen molar-refractivity contribution in [3.8, 4) is 9.88 Å². The van der Waals surface area contributed by atoms with Gasteiger partial charge in [-0.05, 0) is 30.6 Å². The second-order valence-electron chi connectivity index (χ2n) is 3.82. The molecule has 92 valence electrons. The van der Waals surface area contributed by atoms with E-state index in [0.717, 1.165) is 31.5 Å². The molecule has 0 aliphatic heterocycles. The normalized spacial score (nSPS) is 11.2. The minimum Gasteiger partial charge on any atom is -0.313 e. The van der Waals surface area contributed by atoms with Gasteiger partial charge in [0.05, 0.1) is 4.88 Å². The molecule has 0 saturated heterocycles. The molecule has 0 saturated carbocycles. The molecule has 0 unspecified atom stereocenters. The lowest BCUT2D eigenvalue weighted by Gasteiger charge is -1.88. The number of aromatic nitrogens is 2. The van der Waals surface area contributed by atoms with Crippen LogP contribution in [0.3, 0.4) is 0 Å². The summed E-state index contributed by atoms with van der Waals surface area (Å²) in [6.45, 7) is 0.719. The van der Waals surface area contributed by atoms with Crippen LogP contribution in [0.2, 0.25) is 0 Å². The molecule has 1 N–H and O–H groups in total. The van der Waals surface area contributed by atoms with Gasteiger partial charge in [0.2, 0.25) is 0 Å². The maximum absolute atomic E-state index is 13.1. The topological polar surface area (TPSA) is 37.8 Å². The number of nitrogens with zero attached hydrogens (tertiary/aromatic N) is 2. The highest BCUT2D eigenvalue weighted by Crippen LogP contribution is 2.35. The minimum atomic E-state index is -0.205. The van der Waals surface area contributed by atoms with Crippen molar-refractivity contribution in [2.24, 2.45) is 0 Å². The summed E-state index contributed by atoms with van der Waals surface area (Å²) in [4.78, 5) is 1.04. The molecule has 3 aromatic rings. The summed E-state index contributed by atoms with van der Waals surface area (Å²) in [5, 5.41) is 14.2. The second-order valence-corrected chi connectivity index (χ2v) is 5.97. The third kappa shape index (κ3) is 2.14. The predicted octanol–water partition coefficient (Wildman–Crippen LogP) is 3.28. The lowest BCUT2D eigenvalue weighted by atomic mass is 10.2. The first kappa shape index (κ1) is 11.7. The van der Waals surface area contributed by atoms with E-state index in [2.05, 4.69) is 15.5 Å². The van der Waals surface area contributed by atoms with Crippen LogP contribution < -0.4 is 5.32 Å². The highest BCUT2D eigenvalue weighted by atomic mass is 32.1. The molecular formula is C12H10FN3S2. The fourth-order valence-electron chi connectivity index (χ4n) is 1.69. The molecule has 3 rings (SSSR count). The van der Waals surface area contributed by atoms with Gasteiger partial charge >= 0.3 is 0 Å². The smallest absolute Gasteiger partial charge is 0.157 e. The van der Waals surface area contributed by atoms with Gasteiger partial charge in [-0.1, -0.05) is 17.4 Å². The first-order chi connectivity index (χ1) is 8.76. The number of fused-ring (bicyclic) bond motifs is 1. The Bertz CT molecular complexity index is 690. The second kappa shape index (κ2) is 4.72. The Labute approximate surface area is 111 Å². The Hall–Kier alpha value is -1.37. The molecule has 1 aromatic carbocycles. The molecule has 0 aliphatic carbocycles. The summed E-state index contributed by atoms with van der Waals surface area (Å²) < 4.78 is 14.1. The Morgan fingerprint density at radius 3 is 2.94 bits per heavy atom. The Balaban J connectivity index is 2.02. The zero-order valence-electron chi connectivity index (χ0n) is 9.61. The Morgan fingerprint density at radius 2 is 2.11 bits per heavy atom. The maximum atomic E-state index is 13.1. The molecule has 0 fully saturated rings. The van der Waals surface area contributed by atoms with Crippen molar-refractivity contribution in [1.82, 2.24) is 15.5 Å². The summed E-state index contributed by atoms with van der Waals surface area (Å²) in [6, 6.07) is 6.85. The highest BCUT2D eigenvalue weighted by molar-refractivity contribution is 7.25. The molecule has 0 bridgehead atoms. The summed E-state index contributed by atoms with van der Waals surface area (Å²) in [5.74, 6) is -0.205. The van der Waals surface area contributed by atoms with Crippen molar-refractivity contribution in [3.05, 3.63) is 35.1 Å². The van der Waals surface area contributed by atoms with E-state index in [-0.39, 0.29) is 5.82 Å². The van der Waals surface area contributed by atoms with E-state index in [0.29, 0.717) is 0 Å². The minimum absolute atomic E-state index is 0.205. The van der Waals surface area contributed by atoms with E-state index in [1.807, 2.05) is 13.1 Å². The van der Waals surface area contributed by atoms with E-state index in [4.69, 9.17) is 0 Å². The first-order valence-electron chi connectivity index (χ1n) is 5.43. The Morgan fingerprint density at radius 1 is 1.22 bits per heavy atom. The number of rotatable bonds is 3. The summed E-state index contributed by atoms with van der Waals surface area (Å²) in [6.07, 6.45) is 0. The van der Waals surface area contributed by atoms with Crippen molar-refractivity contribution in [1.29, 1.82) is 0 Å². The molecule has 0 spiro atoms. The largest absolute Gasteiger partial charge is 0.313 e. The maximum Gasteiger partial charge on any atom is 0.157 e. The number of thiophene rings is 1. The molecule has 3 nitrogen and oxygen atoms in total. The van der Waals surface area contributed by atoms with Crippen LogP contribution in [0.5, 0.6) is 0 Å². The Kier molecular flexibility index (Phi) is 3.07. The van der Waals surface area contributed by atoms with Crippen molar-refractivity contribution in [2.75, 3.05) is 7.05 Å². The zero-order chi connectivity index (χ0) is 12.5. The highest BCUT2D eigenvalue weighted by Gasteiger charge is 2.10. The molecule has 0 atom stereocenters. The lowest BCUT2D eigenvalue weighted by Crippen LogP contribution is -2.04. The number of halogens is 1. The number of hydrogen-bond donors (Lipinski definition) is 1. The van der Waals surface area contributed by atoms with Crippen LogP contribution in [0.1, 0.15) is 5.01 Å². The van der Waals surface area contributed by atoms with E-state index in [1.165, 1.54) is 6.07 Å². The van der Waals surface area contributed by atoms with Gasteiger partial charge in [0, 0.05) is 11.2 Å². The zero-order valence-corrected chi connectivity index (χ0v) is 11.2. The number of benzene rings is 1. The summed E-state index contributed by atoms with van der Waals surface area (Å²) in [7, 11) is 1.88. The van der Waals surface area contributed by atoms with Gasteiger partial charge in [-0.25, -0.2) is 4.39 Å². The fourth-order valence-corrected chi connectivity index (χ4v) is 3.67. The van der Waals surface area contributed by atoms with Gasteiger partial charge in [0.15, 0.2) is 5.01 Å². The number of nitrogens with one attached hydrogen (secondary N) is 1. The van der Waals surface area contributed by atoms with Gasteiger partial charge < -0.3 is 5.32 Å². The van der Waals surface area contributed by atoms with Crippen molar-refractivity contribution in [2.45, 2.75) is 6.54 Å². The molecular weight excluding hydrogens is 269 g/mol. The molecule has 0 aliphatic rings. The van der Waals surface area contributed by atoms with Crippen LogP contribution in [0.25, 0.3) is 20.0 Å². The third-order valence-corrected chi connectivity index (χ3v) is 4.68. The van der Waals surface area contributed by atoms with Crippen LogP contribution >= 0.6 is 22.7 Å². The average Bonchev–Trinajstić information content (AvgIpc) is 2.94. The molecule has 6 heteroatoms. The van der Waals surface area contributed by atoms with E-state index < -0.39 is 0 Å². The standard InChI is InChI=1S/C12H10FN3S2/c1-14-6-11-15-16-12(18-11)10-4-7-2-3-8(13)5-9(7)17-10/h2-5,14H,6H2,1H3. The van der Waals surface area contributed by atoms with Crippen molar-refractivity contribution >= 4 is 32.8 Å². The van der Waals surface area contributed by atoms with Gasteiger partial charge in [-0.3, -0.25) is 0 Å². The quantitative estimate of drug-likeness (QED) is 0.799. The predicted molar refractivity (Wildman–Crippen MR) is 73.4 cm³/mol. The van der Waals surface area contributed by atoms with Crippen LogP contribution in [0.15, 0.2) is 24.3 Å². The molecule has 2 aromatic heterocycles. The fraction of sp³-hybridized carbons (Fsp3) is 0.167. The van der Waals surface area contributed by atoms with Crippen molar-refractivity contribution in [3.63, 3.8) is 0 Å². The van der Waals surface area contributed by atoms with Crippen LogP contribution in [-0.4, -0.2) is 17.2 Å². The average molecular weight is 279 g/mol. The lowest BCUT2D eigenvalue weighted by molar-refractivity contribution is 0.630. The van der Waals surface area contributed by atoms with Gasteiger partial charge in [-0.15, -0.1) is 21.5 Å². The van der Waals surface area contributed by atoms with Gasteiger partial charge in [0.1, 0.15) is 10.8 Å². The molecule has 0 radical (unpaired) electrons. The summed E-state index contributed by atoms with van der Waals surface area (Å²) in [5.41, 5.74) is 0. The third-order valence-electron chi connectivity index (χ3n) is 2.49. The van der Waals surface area contributed by atoms with E-state index in [9.17, 15) is 4.39 Å². The van der Waals surface area contributed by atoms with Crippen molar-refractivity contribution < 1.29 is 4.39 Å². The van der Waals surface area contributed by atoms with E-state index >= 15 is 0 Å². The molecule has 2 heterocycles. The monoisotopic (exact) mass is 279 g/mol. The molecule has 18 heavy (non-hydrogen) atoms.